The van der Waals surface area contributed by atoms with Gasteiger partial charge in [-0.3, -0.25) is 0 Å². The number of likely N-dealkylation sites (tertiary alicyclic amines) is 1. The van der Waals surface area contributed by atoms with Crippen molar-refractivity contribution >= 4 is 5.69 Å². The molecule has 1 fully saturated rings. The van der Waals surface area contributed by atoms with E-state index in [1.165, 1.54) is 18.9 Å². The van der Waals surface area contributed by atoms with Gasteiger partial charge in [-0.15, -0.1) is 0 Å². The van der Waals surface area contributed by atoms with Crippen molar-refractivity contribution in [1.82, 2.24) is 4.90 Å². The predicted octanol–water partition coefficient (Wildman–Crippen LogP) is 3.15. The molecule has 0 amide bonds. The maximum atomic E-state index is 12.5. The Bertz CT molecular complexity index is 443. The average molecular weight is 288 g/mol. The summed E-state index contributed by atoms with van der Waals surface area (Å²) < 4.78 is 42.9. The molecule has 0 atom stereocenters. The lowest BCUT2D eigenvalue weighted by Gasteiger charge is -2.15. The zero-order valence-electron chi connectivity index (χ0n) is 11.2. The van der Waals surface area contributed by atoms with Crippen molar-refractivity contribution in [2.75, 3.05) is 32.0 Å². The highest BCUT2D eigenvalue weighted by Gasteiger charge is 2.30. The van der Waals surface area contributed by atoms with Gasteiger partial charge in [-0.05, 0) is 50.6 Å². The summed E-state index contributed by atoms with van der Waals surface area (Å²) in [6, 6.07) is 3.19. The van der Waals surface area contributed by atoms with Crippen molar-refractivity contribution in [1.29, 1.82) is 0 Å². The highest BCUT2D eigenvalue weighted by atomic mass is 19.4. The topological polar surface area (TPSA) is 38.5 Å². The normalized spacial score (nSPS) is 16.6. The Morgan fingerprint density at radius 2 is 1.90 bits per heavy atom. The third-order valence-electron chi connectivity index (χ3n) is 3.41. The van der Waals surface area contributed by atoms with Crippen LogP contribution in [0.2, 0.25) is 0 Å². The van der Waals surface area contributed by atoms with Gasteiger partial charge in [0.15, 0.2) is 0 Å². The molecule has 0 unspecified atom stereocenters. The largest absolute Gasteiger partial charge is 0.491 e. The number of nitrogen functional groups attached to an aromatic ring is 1. The van der Waals surface area contributed by atoms with Crippen LogP contribution in [-0.4, -0.2) is 31.1 Å². The van der Waals surface area contributed by atoms with Gasteiger partial charge in [0.05, 0.1) is 17.9 Å². The monoisotopic (exact) mass is 288 g/mol. The number of ether oxygens (including phenoxy) is 1. The zero-order valence-corrected chi connectivity index (χ0v) is 11.2. The highest BCUT2D eigenvalue weighted by Crippen LogP contribution is 2.33. The van der Waals surface area contributed by atoms with Gasteiger partial charge in [0.25, 0.3) is 0 Å². The third kappa shape index (κ3) is 4.03. The number of rotatable bonds is 5. The van der Waals surface area contributed by atoms with Crippen LogP contribution in [0.4, 0.5) is 18.9 Å². The standard InChI is InChI=1S/C14H19F3N2O/c15-14(16,17)11-4-5-13(12(18)10-11)20-9-3-8-19-6-1-2-7-19/h4-5,10H,1-3,6-9,18H2. The molecule has 1 aliphatic rings. The summed E-state index contributed by atoms with van der Waals surface area (Å²) in [7, 11) is 0. The summed E-state index contributed by atoms with van der Waals surface area (Å²) in [5.41, 5.74) is 4.87. The maximum absolute atomic E-state index is 12.5. The molecule has 20 heavy (non-hydrogen) atoms. The number of nitrogens with zero attached hydrogens (tertiary/aromatic N) is 1. The van der Waals surface area contributed by atoms with E-state index in [0.29, 0.717) is 12.4 Å². The molecule has 1 aromatic rings. The van der Waals surface area contributed by atoms with E-state index in [9.17, 15) is 13.2 Å². The predicted molar refractivity (Wildman–Crippen MR) is 71.6 cm³/mol. The van der Waals surface area contributed by atoms with E-state index in [0.717, 1.165) is 38.2 Å². The van der Waals surface area contributed by atoms with Gasteiger partial charge < -0.3 is 15.4 Å². The molecule has 0 radical (unpaired) electrons. The second kappa shape index (κ2) is 6.35. The summed E-state index contributed by atoms with van der Waals surface area (Å²) in [6.45, 7) is 3.68. The van der Waals surface area contributed by atoms with Crippen molar-refractivity contribution in [3.63, 3.8) is 0 Å². The molecule has 6 heteroatoms. The van der Waals surface area contributed by atoms with Crippen LogP contribution >= 0.6 is 0 Å². The molecule has 0 bridgehead atoms. The molecule has 0 saturated carbocycles. The van der Waals surface area contributed by atoms with Crippen LogP contribution in [0.15, 0.2) is 18.2 Å². The second-order valence-corrected chi connectivity index (χ2v) is 5.00. The Morgan fingerprint density at radius 1 is 1.20 bits per heavy atom. The first-order valence-corrected chi connectivity index (χ1v) is 6.79. The fourth-order valence-corrected chi connectivity index (χ4v) is 2.33. The minimum Gasteiger partial charge on any atom is -0.491 e. The van der Waals surface area contributed by atoms with E-state index in [1.54, 1.807) is 0 Å². The summed E-state index contributed by atoms with van der Waals surface area (Å²) in [6.07, 6.45) is -1.04. The Hall–Kier alpha value is -1.43. The SMILES string of the molecule is Nc1cc(C(F)(F)F)ccc1OCCCN1CCCC1. The quantitative estimate of drug-likeness (QED) is 0.668. The fourth-order valence-electron chi connectivity index (χ4n) is 2.33. The number of hydrogen-bond acceptors (Lipinski definition) is 3. The summed E-state index contributed by atoms with van der Waals surface area (Å²) in [5, 5.41) is 0. The average Bonchev–Trinajstić information content (AvgIpc) is 2.88. The van der Waals surface area contributed by atoms with Crippen LogP contribution in [0.3, 0.4) is 0 Å². The van der Waals surface area contributed by atoms with E-state index in [1.807, 2.05) is 0 Å². The van der Waals surface area contributed by atoms with Crippen LogP contribution in [0.5, 0.6) is 5.75 Å². The van der Waals surface area contributed by atoms with Gasteiger partial charge in [0.2, 0.25) is 0 Å². The molecule has 2 N–H and O–H groups in total. The Kier molecular flexibility index (Phi) is 4.75. The fraction of sp³-hybridized carbons (Fsp3) is 0.571. The molecule has 1 aliphatic heterocycles. The molecule has 0 aliphatic carbocycles. The van der Waals surface area contributed by atoms with Crippen molar-refractivity contribution in [2.45, 2.75) is 25.4 Å². The lowest BCUT2D eigenvalue weighted by Crippen LogP contribution is -2.22. The molecule has 112 valence electrons. The first kappa shape index (κ1) is 15.0. The highest BCUT2D eigenvalue weighted by molar-refractivity contribution is 5.54. The molecule has 1 saturated heterocycles. The van der Waals surface area contributed by atoms with E-state index >= 15 is 0 Å². The number of nitrogens with two attached hydrogens (primary N) is 1. The lowest BCUT2D eigenvalue weighted by atomic mass is 10.2. The van der Waals surface area contributed by atoms with Crippen LogP contribution < -0.4 is 10.5 Å². The maximum Gasteiger partial charge on any atom is 0.416 e. The minimum absolute atomic E-state index is 0.0287. The molecule has 0 aromatic heterocycles. The van der Waals surface area contributed by atoms with Crippen LogP contribution in [0.25, 0.3) is 0 Å². The van der Waals surface area contributed by atoms with Crippen LogP contribution in [0, 0.1) is 0 Å². The van der Waals surface area contributed by atoms with Gasteiger partial charge in [-0.2, -0.15) is 13.2 Å². The molecular weight excluding hydrogens is 269 g/mol. The van der Waals surface area contributed by atoms with E-state index in [-0.39, 0.29) is 5.69 Å². The van der Waals surface area contributed by atoms with Gasteiger partial charge in [-0.1, -0.05) is 0 Å². The van der Waals surface area contributed by atoms with E-state index < -0.39 is 11.7 Å². The second-order valence-electron chi connectivity index (χ2n) is 5.00. The molecule has 2 rings (SSSR count). The zero-order chi connectivity index (χ0) is 14.6. The summed E-state index contributed by atoms with van der Waals surface area (Å²) in [4.78, 5) is 2.36. The Morgan fingerprint density at radius 3 is 2.50 bits per heavy atom. The summed E-state index contributed by atoms with van der Waals surface area (Å²) >= 11 is 0. The smallest absolute Gasteiger partial charge is 0.416 e. The van der Waals surface area contributed by atoms with Crippen LogP contribution in [-0.2, 0) is 6.18 Å². The van der Waals surface area contributed by atoms with Gasteiger partial charge in [0.1, 0.15) is 5.75 Å². The number of halogens is 3. The minimum atomic E-state index is -4.37. The van der Waals surface area contributed by atoms with Crippen molar-refractivity contribution in [3.05, 3.63) is 23.8 Å². The number of hydrogen-bond donors (Lipinski definition) is 1. The molecule has 1 heterocycles. The molecule has 0 spiro atoms. The van der Waals surface area contributed by atoms with Crippen molar-refractivity contribution in [2.24, 2.45) is 0 Å². The number of alkyl halides is 3. The Labute approximate surface area is 116 Å². The first-order chi connectivity index (χ1) is 9.47. The van der Waals surface area contributed by atoms with Gasteiger partial charge >= 0.3 is 6.18 Å². The molecule has 1 aromatic carbocycles. The van der Waals surface area contributed by atoms with Gasteiger partial charge in [-0.25, -0.2) is 0 Å². The Balaban J connectivity index is 1.80. The van der Waals surface area contributed by atoms with Gasteiger partial charge in [0, 0.05) is 6.54 Å². The summed E-state index contributed by atoms with van der Waals surface area (Å²) in [5.74, 6) is 0.319. The first-order valence-electron chi connectivity index (χ1n) is 6.79. The molecule has 3 nitrogen and oxygen atoms in total. The number of benzene rings is 1. The molecular formula is C14H19F3N2O. The van der Waals surface area contributed by atoms with Crippen LogP contribution in [0.1, 0.15) is 24.8 Å². The third-order valence-corrected chi connectivity index (χ3v) is 3.41. The van der Waals surface area contributed by atoms with Crippen molar-refractivity contribution in [3.8, 4) is 5.75 Å². The number of anilines is 1. The lowest BCUT2D eigenvalue weighted by molar-refractivity contribution is -0.137. The van der Waals surface area contributed by atoms with E-state index in [4.69, 9.17) is 10.5 Å². The van der Waals surface area contributed by atoms with E-state index in [2.05, 4.69) is 4.90 Å². The van der Waals surface area contributed by atoms with Crippen molar-refractivity contribution < 1.29 is 17.9 Å².